The summed E-state index contributed by atoms with van der Waals surface area (Å²) in [6.07, 6.45) is 0.00419. The second-order valence-corrected chi connectivity index (χ2v) is 6.29. The molecule has 1 aliphatic carbocycles. The van der Waals surface area contributed by atoms with Gasteiger partial charge in [-0.3, -0.25) is 4.79 Å². The first-order chi connectivity index (χ1) is 9.31. The molecule has 3 unspecified atom stereocenters. The van der Waals surface area contributed by atoms with Crippen LogP contribution in [-0.4, -0.2) is 30.2 Å². The molecule has 3 atom stereocenters. The van der Waals surface area contributed by atoms with Crippen molar-refractivity contribution in [1.29, 1.82) is 0 Å². The molecule has 2 fully saturated rings. The molecular formula is C14H24ClF3N2O. The van der Waals surface area contributed by atoms with Crippen LogP contribution in [0.25, 0.3) is 0 Å². The van der Waals surface area contributed by atoms with Gasteiger partial charge in [-0.25, -0.2) is 0 Å². The summed E-state index contributed by atoms with van der Waals surface area (Å²) < 4.78 is 38.3. The summed E-state index contributed by atoms with van der Waals surface area (Å²) in [7, 11) is 0. The topological polar surface area (TPSA) is 41.1 Å². The summed E-state index contributed by atoms with van der Waals surface area (Å²) in [5.41, 5.74) is -0.622. The average molecular weight is 329 g/mol. The molecular weight excluding hydrogens is 305 g/mol. The SMILES string of the molecule is CC1(C(=O)NC2CCCC(C(F)(F)F)C2)CCCCN1.Cl. The smallest absolute Gasteiger partial charge is 0.352 e. The molecule has 7 heteroatoms. The Morgan fingerprint density at radius 2 is 1.95 bits per heavy atom. The fraction of sp³-hybridized carbons (Fsp3) is 0.929. The number of piperidine rings is 1. The summed E-state index contributed by atoms with van der Waals surface area (Å²) in [5, 5.41) is 6.02. The van der Waals surface area contributed by atoms with E-state index in [0.717, 1.165) is 25.8 Å². The van der Waals surface area contributed by atoms with Crippen LogP contribution in [0.15, 0.2) is 0 Å². The fourth-order valence-electron chi connectivity index (χ4n) is 3.21. The lowest BCUT2D eigenvalue weighted by atomic mass is 9.84. The van der Waals surface area contributed by atoms with Crippen LogP contribution < -0.4 is 10.6 Å². The van der Waals surface area contributed by atoms with Crippen molar-refractivity contribution in [3.63, 3.8) is 0 Å². The first-order valence-electron chi connectivity index (χ1n) is 7.44. The van der Waals surface area contributed by atoms with Gasteiger partial charge in [-0.15, -0.1) is 12.4 Å². The lowest BCUT2D eigenvalue weighted by Gasteiger charge is -2.37. The minimum Gasteiger partial charge on any atom is -0.352 e. The largest absolute Gasteiger partial charge is 0.391 e. The summed E-state index contributed by atoms with van der Waals surface area (Å²) in [6.45, 7) is 2.63. The molecule has 2 rings (SSSR count). The Morgan fingerprint density at radius 1 is 1.24 bits per heavy atom. The summed E-state index contributed by atoms with van der Waals surface area (Å²) >= 11 is 0. The lowest BCUT2D eigenvalue weighted by molar-refractivity contribution is -0.184. The zero-order chi connectivity index (χ0) is 14.8. The van der Waals surface area contributed by atoms with Gasteiger partial charge >= 0.3 is 6.18 Å². The normalized spacial score (nSPS) is 33.9. The quantitative estimate of drug-likeness (QED) is 0.817. The van der Waals surface area contributed by atoms with Crippen LogP contribution in [0.3, 0.4) is 0 Å². The summed E-state index contributed by atoms with van der Waals surface area (Å²) in [5.74, 6) is -1.42. The number of hydrogen-bond donors (Lipinski definition) is 2. The highest BCUT2D eigenvalue weighted by molar-refractivity contribution is 5.86. The van der Waals surface area contributed by atoms with Gasteiger partial charge in [0.25, 0.3) is 0 Å². The zero-order valence-electron chi connectivity index (χ0n) is 12.3. The molecule has 2 aliphatic rings. The van der Waals surface area contributed by atoms with E-state index in [1.165, 1.54) is 0 Å². The van der Waals surface area contributed by atoms with Crippen molar-refractivity contribution in [2.75, 3.05) is 6.54 Å². The maximum absolute atomic E-state index is 12.8. The second kappa shape index (κ2) is 7.18. The van der Waals surface area contributed by atoms with E-state index in [1.807, 2.05) is 6.92 Å². The van der Waals surface area contributed by atoms with Gasteiger partial charge in [0.1, 0.15) is 0 Å². The van der Waals surface area contributed by atoms with Crippen LogP contribution in [0.2, 0.25) is 0 Å². The molecule has 1 saturated heterocycles. The van der Waals surface area contributed by atoms with E-state index in [1.54, 1.807) is 0 Å². The molecule has 3 nitrogen and oxygen atoms in total. The van der Waals surface area contributed by atoms with Gasteiger partial charge in [-0.2, -0.15) is 13.2 Å². The molecule has 0 radical (unpaired) electrons. The molecule has 1 saturated carbocycles. The first-order valence-corrected chi connectivity index (χ1v) is 7.44. The average Bonchev–Trinajstić information content (AvgIpc) is 2.39. The predicted molar refractivity (Wildman–Crippen MR) is 77.5 cm³/mol. The van der Waals surface area contributed by atoms with Crippen molar-refractivity contribution < 1.29 is 18.0 Å². The highest BCUT2D eigenvalue weighted by atomic mass is 35.5. The number of alkyl halides is 3. The van der Waals surface area contributed by atoms with Gasteiger partial charge in [0, 0.05) is 6.04 Å². The third-order valence-corrected chi connectivity index (χ3v) is 4.59. The summed E-state index contributed by atoms with van der Waals surface area (Å²) in [4.78, 5) is 12.3. The molecule has 1 amide bonds. The highest BCUT2D eigenvalue weighted by Gasteiger charge is 2.43. The fourth-order valence-corrected chi connectivity index (χ4v) is 3.21. The molecule has 1 aliphatic heterocycles. The van der Waals surface area contributed by atoms with Crippen molar-refractivity contribution in [3.8, 4) is 0 Å². The molecule has 1 heterocycles. The minimum absolute atomic E-state index is 0. The Bertz CT molecular complexity index is 357. The van der Waals surface area contributed by atoms with Crippen LogP contribution in [0.1, 0.15) is 51.9 Å². The number of halogens is 4. The van der Waals surface area contributed by atoms with Crippen LogP contribution in [0.4, 0.5) is 13.2 Å². The zero-order valence-corrected chi connectivity index (χ0v) is 13.1. The highest BCUT2D eigenvalue weighted by Crippen LogP contribution is 2.37. The molecule has 0 spiro atoms. The van der Waals surface area contributed by atoms with Crippen LogP contribution >= 0.6 is 12.4 Å². The number of carbonyl (C=O) groups is 1. The third-order valence-electron chi connectivity index (χ3n) is 4.59. The van der Waals surface area contributed by atoms with Crippen molar-refractivity contribution in [3.05, 3.63) is 0 Å². The number of rotatable bonds is 2. The molecule has 2 N–H and O–H groups in total. The van der Waals surface area contributed by atoms with Gasteiger partial charge in [0.2, 0.25) is 5.91 Å². The van der Waals surface area contributed by atoms with Crippen LogP contribution in [0.5, 0.6) is 0 Å². The lowest BCUT2D eigenvalue weighted by Crippen LogP contribution is -2.59. The maximum atomic E-state index is 12.8. The molecule has 124 valence electrons. The van der Waals surface area contributed by atoms with Crippen molar-refractivity contribution in [2.24, 2.45) is 5.92 Å². The minimum atomic E-state index is -4.14. The Kier molecular flexibility index (Phi) is 6.35. The number of hydrogen-bond acceptors (Lipinski definition) is 2. The van der Waals surface area contributed by atoms with Crippen molar-refractivity contribution >= 4 is 18.3 Å². The van der Waals surface area contributed by atoms with Gasteiger partial charge < -0.3 is 10.6 Å². The Labute approximate surface area is 129 Å². The molecule has 0 aromatic carbocycles. The maximum Gasteiger partial charge on any atom is 0.391 e. The second-order valence-electron chi connectivity index (χ2n) is 6.29. The Balaban J connectivity index is 0.00000220. The van der Waals surface area contributed by atoms with E-state index in [4.69, 9.17) is 0 Å². The van der Waals surface area contributed by atoms with E-state index < -0.39 is 17.6 Å². The number of amides is 1. The van der Waals surface area contributed by atoms with Crippen LogP contribution in [0, 0.1) is 5.92 Å². The van der Waals surface area contributed by atoms with Crippen molar-refractivity contribution in [2.45, 2.75) is 69.6 Å². The third kappa shape index (κ3) is 4.74. The van der Waals surface area contributed by atoms with E-state index in [9.17, 15) is 18.0 Å². The van der Waals surface area contributed by atoms with Crippen LogP contribution in [-0.2, 0) is 4.79 Å². The van der Waals surface area contributed by atoms with Gasteiger partial charge in [-0.1, -0.05) is 6.42 Å². The van der Waals surface area contributed by atoms with Crippen molar-refractivity contribution in [1.82, 2.24) is 10.6 Å². The first kappa shape index (κ1) is 18.6. The monoisotopic (exact) mass is 328 g/mol. The van der Waals surface area contributed by atoms with E-state index >= 15 is 0 Å². The van der Waals surface area contributed by atoms with E-state index in [2.05, 4.69) is 10.6 Å². The summed E-state index contributed by atoms with van der Waals surface area (Å²) in [6, 6.07) is -0.344. The van der Waals surface area contributed by atoms with Gasteiger partial charge in [0.15, 0.2) is 0 Å². The molecule has 0 aromatic rings. The number of carbonyl (C=O) groups excluding carboxylic acids is 1. The van der Waals surface area contributed by atoms with E-state index in [0.29, 0.717) is 12.8 Å². The molecule has 0 aromatic heterocycles. The molecule has 0 bridgehead atoms. The van der Waals surface area contributed by atoms with Gasteiger partial charge in [0.05, 0.1) is 11.5 Å². The Hall–Kier alpha value is -0.490. The van der Waals surface area contributed by atoms with E-state index in [-0.39, 0.29) is 37.2 Å². The van der Waals surface area contributed by atoms with Gasteiger partial charge in [-0.05, 0) is 52.0 Å². The predicted octanol–water partition coefficient (Wildman–Crippen LogP) is 3.18. The molecule has 21 heavy (non-hydrogen) atoms. The Morgan fingerprint density at radius 3 is 2.52 bits per heavy atom. The standard InChI is InChI=1S/C14H23F3N2O.ClH/c1-13(7-2-3-8-18-13)12(20)19-11-6-4-5-10(9-11)14(15,16)17;/h10-11,18H,2-9H2,1H3,(H,19,20);1H. The number of nitrogens with one attached hydrogen (secondary N) is 2.